The van der Waals surface area contributed by atoms with Gasteiger partial charge in [-0.3, -0.25) is 16.0 Å². The second-order valence-electron chi connectivity index (χ2n) is 20.6. The van der Waals surface area contributed by atoms with Crippen LogP contribution in [0.5, 0.6) is 0 Å². The first-order chi connectivity index (χ1) is 43.7. The minimum atomic E-state index is -0.654. The summed E-state index contributed by atoms with van der Waals surface area (Å²) in [6.45, 7) is 3.43. The van der Waals surface area contributed by atoms with Gasteiger partial charge in [0.2, 0.25) is 0 Å². The molecule has 0 heterocycles. The van der Waals surface area contributed by atoms with Crippen LogP contribution >= 0.6 is 0 Å². The number of nitrogens with zero attached hydrogens (tertiary/aromatic N) is 4. The Bertz CT molecular complexity index is 3620. The monoisotopic (exact) mass is 1210 g/mol. The molecule has 8 aromatic rings. The largest absolute Gasteiger partial charge is 0.370 e. The topological polar surface area (TPSA) is 370 Å². The summed E-state index contributed by atoms with van der Waals surface area (Å²) in [5.74, 6) is -0.0601. The number of amides is 8. The summed E-state index contributed by atoms with van der Waals surface area (Å²) < 4.78 is 0. The van der Waals surface area contributed by atoms with Gasteiger partial charge in [0.1, 0.15) is 0 Å². The van der Waals surface area contributed by atoms with Crippen LogP contribution in [-0.4, -0.2) is 61.1 Å². The molecule has 0 bridgehead atoms. The zero-order chi connectivity index (χ0) is 63.7. The van der Waals surface area contributed by atoms with E-state index in [9.17, 15) is 19.2 Å². The van der Waals surface area contributed by atoms with Crippen molar-refractivity contribution in [2.45, 2.75) is 64.2 Å². The van der Waals surface area contributed by atoms with Gasteiger partial charge in [-0.1, -0.05) is 218 Å². The molecule has 90 heavy (non-hydrogen) atoms. The highest BCUT2D eigenvalue weighted by molar-refractivity contribution is 6.03. The van der Waals surface area contributed by atoms with Crippen molar-refractivity contribution in [2.24, 2.45) is 54.4 Å². The average molecular weight is 1210 g/mol. The van der Waals surface area contributed by atoms with Crippen LogP contribution in [0.1, 0.15) is 78.6 Å². The van der Waals surface area contributed by atoms with Gasteiger partial charge < -0.3 is 61.0 Å². The Morgan fingerprint density at radius 1 is 0.311 bits per heavy atom. The van der Waals surface area contributed by atoms with Gasteiger partial charge in [0.25, 0.3) is 0 Å². The number of nitrogens with two attached hydrogens (primary N) is 6. The molecule has 22 heteroatoms. The van der Waals surface area contributed by atoms with Crippen LogP contribution < -0.4 is 76.9 Å². The van der Waals surface area contributed by atoms with Gasteiger partial charge in [0.05, 0.1) is 26.2 Å². The highest BCUT2D eigenvalue weighted by Crippen LogP contribution is 2.25. The van der Waals surface area contributed by atoms with E-state index in [4.69, 9.17) is 34.4 Å². The van der Waals surface area contributed by atoms with E-state index in [0.29, 0.717) is 39.3 Å². The molecule has 0 unspecified atom stereocenters. The molecule has 8 rings (SSSR count). The van der Waals surface area contributed by atoms with Gasteiger partial charge in [-0.15, -0.1) is 0 Å². The van der Waals surface area contributed by atoms with E-state index in [1.807, 2.05) is 170 Å². The molecule has 0 saturated heterocycles. The number of carbonyl (C=O) groups is 4. The van der Waals surface area contributed by atoms with E-state index in [1.54, 1.807) is 0 Å². The van der Waals surface area contributed by atoms with Crippen LogP contribution in [-0.2, 0) is 52.4 Å². The van der Waals surface area contributed by atoms with Crippen LogP contribution in [0.25, 0.3) is 0 Å². The van der Waals surface area contributed by atoms with Crippen molar-refractivity contribution in [3.05, 3.63) is 285 Å². The number of aliphatic imine (C=N–C) groups is 4. The second kappa shape index (κ2) is 35.8. The lowest BCUT2D eigenvalue weighted by atomic mass is 9.91. The molecule has 0 radical (unpaired) electrons. The zero-order valence-corrected chi connectivity index (χ0v) is 49.9. The first kappa shape index (κ1) is 66.0. The third-order valence-electron chi connectivity index (χ3n) is 13.8. The van der Waals surface area contributed by atoms with Gasteiger partial charge in [-0.25, -0.2) is 39.1 Å². The van der Waals surface area contributed by atoms with E-state index < -0.39 is 12.1 Å². The Morgan fingerprint density at radius 2 is 0.589 bits per heavy atom. The molecule has 0 aliphatic heterocycles. The fourth-order valence-electron chi connectivity index (χ4n) is 9.28. The predicted molar refractivity (Wildman–Crippen MR) is 356 cm³/mol. The molecule has 8 aromatic carbocycles. The molecule has 0 aliphatic rings. The summed E-state index contributed by atoms with van der Waals surface area (Å²) in [5.41, 5.74) is 45.9. The molecule has 8 amide bonds. The fraction of sp³-hybridized carbons (Fsp3) is 0.176. The summed E-state index contributed by atoms with van der Waals surface area (Å²) in [6, 6.07) is 69.2. The highest BCUT2D eigenvalue weighted by atomic mass is 16.2. The van der Waals surface area contributed by atoms with Gasteiger partial charge in [-0.2, -0.15) is 0 Å². The van der Waals surface area contributed by atoms with E-state index in [1.165, 1.54) is 0 Å². The molecule has 0 saturated carbocycles. The lowest BCUT2D eigenvalue weighted by Crippen LogP contribution is -2.48. The van der Waals surface area contributed by atoms with E-state index in [2.05, 4.69) is 111 Å². The summed E-state index contributed by atoms with van der Waals surface area (Å²) in [6.07, 6.45) is 0. The van der Waals surface area contributed by atoms with E-state index >= 15 is 0 Å². The molecule has 20 N–H and O–H groups in total. The quantitative estimate of drug-likeness (QED) is 0.0234. The van der Waals surface area contributed by atoms with Crippen LogP contribution in [0, 0.1) is 0 Å². The summed E-state index contributed by atoms with van der Waals surface area (Å²) in [4.78, 5) is 66.6. The predicted octanol–water partition coefficient (Wildman–Crippen LogP) is 6.81. The van der Waals surface area contributed by atoms with Crippen LogP contribution in [0.3, 0.4) is 0 Å². The maximum absolute atomic E-state index is 12.7. The lowest BCUT2D eigenvalue weighted by molar-refractivity contribution is 0.239. The Labute approximate surface area is 524 Å². The number of rotatable bonds is 23. The Kier molecular flexibility index (Phi) is 26.3. The minimum Gasteiger partial charge on any atom is -0.370 e. The highest BCUT2D eigenvalue weighted by Gasteiger charge is 2.17. The molecule has 464 valence electrons. The molecule has 0 aliphatic carbocycles. The second-order valence-corrected chi connectivity index (χ2v) is 20.6. The number of nitrogens with one attached hydrogen (secondary N) is 8. The van der Waals surface area contributed by atoms with Gasteiger partial charge in [0, 0.05) is 51.1 Å². The van der Waals surface area contributed by atoms with Crippen LogP contribution in [0.4, 0.5) is 19.2 Å². The number of guanidine groups is 4. The number of hydrogen-bond donors (Lipinski definition) is 14. The SMILES string of the molecule is NC(N)=NCc1cccc(CNC(=O)NC(N)=NCc2cccc(CNC(=O)NCC(c3ccccc3)c3ccccc3)c2)c1.NCc1cccc(CN=C(N)NC(=O)NC(N)=NCc2cccc(CNC(=O)NCC(c3ccccc3)c3ccccc3)c2)c1. The van der Waals surface area contributed by atoms with E-state index in [-0.39, 0.29) is 73.9 Å². The van der Waals surface area contributed by atoms with Crippen molar-refractivity contribution in [2.75, 3.05) is 13.1 Å². The van der Waals surface area contributed by atoms with Crippen molar-refractivity contribution in [3.63, 3.8) is 0 Å². The summed E-state index contributed by atoms with van der Waals surface area (Å²) in [7, 11) is 0. The molecular weight excluding hydrogens is 1130 g/mol. The summed E-state index contributed by atoms with van der Waals surface area (Å²) >= 11 is 0. The standard InChI is InChI=1S/2C34H39N9O2/c35-31(36)38-19-24-9-7-12-27(17-24)22-41-34(45)43-32(37)39-20-25-10-8-11-26(18-25)21-40-33(44)42-23-30(28-13-3-1-4-14-28)29-15-5-2-6-16-29;35-19-24-9-7-10-25(17-24)20-38-31(36)42-34(45)43-32(37)39-21-26-11-8-12-27(18-26)22-40-33(44)41-23-30(28-13-3-1-4-14-28)29-15-5-2-6-16-29/h1-18,30H,19-23H2,(H4,35,36,38)(H2,40,42,44)(H4,37,39,41,43,45);1-18,30H,19-23,35H2,(H2,40,41,44)(H6,36,37,38,39,42,43,45). The van der Waals surface area contributed by atoms with Crippen LogP contribution in [0.15, 0.2) is 238 Å². The van der Waals surface area contributed by atoms with Crippen molar-refractivity contribution in [1.29, 1.82) is 0 Å². The van der Waals surface area contributed by atoms with Gasteiger partial charge in [0.15, 0.2) is 23.8 Å². The Morgan fingerprint density at radius 3 is 0.911 bits per heavy atom. The number of urea groups is 4. The van der Waals surface area contributed by atoms with Crippen molar-refractivity contribution >= 4 is 48.0 Å². The number of benzene rings is 8. The molecule has 0 spiro atoms. The zero-order valence-electron chi connectivity index (χ0n) is 49.9. The summed E-state index contributed by atoms with van der Waals surface area (Å²) in [5, 5.41) is 22.0. The van der Waals surface area contributed by atoms with Crippen molar-refractivity contribution < 1.29 is 19.2 Å². The minimum absolute atomic E-state index is 0.0108. The Balaban J connectivity index is 0.000000256. The first-order valence-corrected chi connectivity index (χ1v) is 29.1. The van der Waals surface area contributed by atoms with Gasteiger partial charge in [-0.05, 0) is 66.8 Å². The molecule has 22 nitrogen and oxygen atoms in total. The van der Waals surface area contributed by atoms with Crippen molar-refractivity contribution in [1.82, 2.24) is 42.5 Å². The van der Waals surface area contributed by atoms with Crippen molar-refractivity contribution in [3.8, 4) is 0 Å². The smallest absolute Gasteiger partial charge is 0.328 e. The fourth-order valence-corrected chi connectivity index (χ4v) is 9.28. The molecule has 0 fully saturated rings. The molecule has 0 aromatic heterocycles. The Hall–Kier alpha value is -11.5. The maximum Gasteiger partial charge on any atom is 0.328 e. The normalized spacial score (nSPS) is 11.3. The maximum atomic E-state index is 12.7. The van der Waals surface area contributed by atoms with E-state index in [0.717, 1.165) is 66.8 Å². The number of carbonyl (C=O) groups excluding carboxylic acids is 4. The lowest BCUT2D eigenvalue weighted by Gasteiger charge is -2.19. The van der Waals surface area contributed by atoms with Gasteiger partial charge >= 0.3 is 24.1 Å². The average Bonchev–Trinajstić information content (AvgIpc) is 3.43. The third kappa shape index (κ3) is 23.7. The molecule has 0 atom stereocenters. The third-order valence-corrected chi connectivity index (χ3v) is 13.8. The number of hydrogen-bond acceptors (Lipinski definition) is 9. The first-order valence-electron chi connectivity index (χ1n) is 29.1. The molecular formula is C68H78N18O4. The van der Waals surface area contributed by atoms with Crippen LogP contribution in [0.2, 0.25) is 0 Å².